The van der Waals surface area contributed by atoms with Crippen molar-refractivity contribution in [1.29, 1.82) is 0 Å². The van der Waals surface area contributed by atoms with Gasteiger partial charge < -0.3 is 15.3 Å². The van der Waals surface area contributed by atoms with Crippen LogP contribution in [0.15, 0.2) is 0 Å². The van der Waals surface area contributed by atoms with Crippen molar-refractivity contribution >= 4 is 17.8 Å². The lowest BCUT2D eigenvalue weighted by Gasteiger charge is -2.32. The highest BCUT2D eigenvalue weighted by molar-refractivity contribution is 5.89. The third-order valence-corrected chi connectivity index (χ3v) is 4.52. The van der Waals surface area contributed by atoms with Crippen molar-refractivity contribution in [2.75, 3.05) is 13.1 Å². The molecular formula is C14H20N2O4. The van der Waals surface area contributed by atoms with Gasteiger partial charge in [-0.25, -0.2) is 0 Å². The van der Waals surface area contributed by atoms with Gasteiger partial charge >= 0.3 is 5.97 Å². The summed E-state index contributed by atoms with van der Waals surface area (Å²) in [5.41, 5.74) is 0. The van der Waals surface area contributed by atoms with Gasteiger partial charge in [-0.2, -0.15) is 0 Å². The first kappa shape index (κ1) is 13.4. The molecule has 0 spiro atoms. The molecule has 1 heterocycles. The van der Waals surface area contributed by atoms with E-state index in [1.165, 1.54) is 0 Å². The molecule has 0 aromatic carbocycles. The minimum Gasteiger partial charge on any atom is -0.481 e. The Morgan fingerprint density at radius 1 is 1.00 bits per heavy atom. The van der Waals surface area contributed by atoms with Gasteiger partial charge in [-0.15, -0.1) is 0 Å². The zero-order valence-corrected chi connectivity index (χ0v) is 11.4. The summed E-state index contributed by atoms with van der Waals surface area (Å²) < 4.78 is 0. The Balaban J connectivity index is 1.41. The highest BCUT2D eigenvalue weighted by Gasteiger charge is 2.48. The van der Waals surface area contributed by atoms with Gasteiger partial charge in [0.1, 0.15) is 0 Å². The third kappa shape index (κ3) is 2.78. The number of carboxylic acids is 1. The van der Waals surface area contributed by atoms with E-state index >= 15 is 0 Å². The van der Waals surface area contributed by atoms with Crippen molar-refractivity contribution in [2.24, 2.45) is 17.8 Å². The van der Waals surface area contributed by atoms with Crippen LogP contribution in [0, 0.1) is 17.8 Å². The van der Waals surface area contributed by atoms with E-state index in [4.69, 9.17) is 5.11 Å². The van der Waals surface area contributed by atoms with Crippen molar-refractivity contribution < 1.29 is 19.5 Å². The van der Waals surface area contributed by atoms with E-state index in [0.29, 0.717) is 19.5 Å². The molecule has 2 aliphatic carbocycles. The Kier molecular flexibility index (Phi) is 3.40. The number of nitrogens with one attached hydrogen (secondary N) is 1. The summed E-state index contributed by atoms with van der Waals surface area (Å²) in [6.45, 7) is 1.40. The van der Waals surface area contributed by atoms with Crippen LogP contribution in [0.2, 0.25) is 0 Å². The van der Waals surface area contributed by atoms with Gasteiger partial charge in [0.15, 0.2) is 0 Å². The van der Waals surface area contributed by atoms with Crippen molar-refractivity contribution in [1.82, 2.24) is 10.2 Å². The second-order valence-electron chi connectivity index (χ2n) is 6.17. The largest absolute Gasteiger partial charge is 0.481 e. The molecule has 1 saturated heterocycles. The van der Waals surface area contributed by atoms with Gasteiger partial charge in [0.25, 0.3) is 0 Å². The van der Waals surface area contributed by atoms with Gasteiger partial charge in [0.05, 0.1) is 11.8 Å². The van der Waals surface area contributed by atoms with Crippen LogP contribution in [-0.2, 0) is 14.4 Å². The summed E-state index contributed by atoms with van der Waals surface area (Å²) in [5.74, 6) is -1.34. The molecule has 1 aliphatic heterocycles. The van der Waals surface area contributed by atoms with Crippen LogP contribution in [0.25, 0.3) is 0 Å². The van der Waals surface area contributed by atoms with Crippen LogP contribution in [0.5, 0.6) is 0 Å². The number of hydrogen-bond donors (Lipinski definition) is 2. The van der Waals surface area contributed by atoms with Crippen LogP contribution >= 0.6 is 0 Å². The SMILES string of the molecule is O=C(O)[C@H]1C[C@H]1C(=O)NC1CCN(C(=O)C2CC2)CC1. The molecule has 2 saturated carbocycles. The normalized spacial score (nSPS) is 29.9. The molecule has 6 heteroatoms. The summed E-state index contributed by atoms with van der Waals surface area (Å²) in [7, 11) is 0. The standard InChI is InChI=1S/C14H20N2O4/c17-12(10-7-11(10)14(19)20)15-9-3-5-16(6-4-9)13(18)8-1-2-8/h8-11H,1-7H2,(H,15,17)(H,19,20)/t10-,11+/m1/s1. The number of carbonyl (C=O) groups excluding carboxylic acids is 2. The van der Waals surface area contributed by atoms with Crippen molar-refractivity contribution in [3.63, 3.8) is 0 Å². The maximum absolute atomic E-state index is 11.9. The Hall–Kier alpha value is -1.59. The lowest BCUT2D eigenvalue weighted by molar-refractivity contribution is -0.140. The van der Waals surface area contributed by atoms with E-state index in [1.807, 2.05) is 4.90 Å². The number of carbonyl (C=O) groups is 3. The quantitative estimate of drug-likeness (QED) is 0.771. The Bertz CT molecular complexity index is 438. The maximum atomic E-state index is 11.9. The fourth-order valence-corrected chi connectivity index (χ4v) is 2.90. The molecule has 0 radical (unpaired) electrons. The van der Waals surface area contributed by atoms with Crippen LogP contribution in [-0.4, -0.2) is 46.9 Å². The maximum Gasteiger partial charge on any atom is 0.307 e. The predicted molar refractivity (Wildman–Crippen MR) is 69.7 cm³/mol. The molecule has 110 valence electrons. The Morgan fingerprint density at radius 2 is 1.65 bits per heavy atom. The summed E-state index contributed by atoms with van der Waals surface area (Å²) in [5, 5.41) is 11.7. The molecule has 20 heavy (non-hydrogen) atoms. The molecule has 3 rings (SSSR count). The molecule has 0 aromatic heterocycles. The molecule has 2 atom stereocenters. The molecule has 6 nitrogen and oxygen atoms in total. The van der Waals surface area contributed by atoms with Gasteiger partial charge in [0, 0.05) is 25.0 Å². The van der Waals surface area contributed by atoms with Gasteiger partial charge in [-0.05, 0) is 32.1 Å². The van der Waals surface area contributed by atoms with Gasteiger partial charge in [-0.1, -0.05) is 0 Å². The average molecular weight is 280 g/mol. The number of carboxylic acid groups (broad SMARTS) is 1. The number of piperidine rings is 1. The molecule has 0 aromatic rings. The van der Waals surface area contributed by atoms with Crippen LogP contribution in [0.4, 0.5) is 0 Å². The lowest BCUT2D eigenvalue weighted by Crippen LogP contribution is -2.47. The number of likely N-dealkylation sites (tertiary alicyclic amines) is 1. The number of rotatable bonds is 4. The minimum atomic E-state index is -0.880. The Morgan fingerprint density at radius 3 is 2.15 bits per heavy atom. The molecule has 2 amide bonds. The van der Waals surface area contributed by atoms with Gasteiger partial charge in [0.2, 0.25) is 11.8 Å². The summed E-state index contributed by atoms with van der Waals surface area (Å²) >= 11 is 0. The van der Waals surface area contributed by atoms with E-state index in [9.17, 15) is 14.4 Å². The van der Waals surface area contributed by atoms with E-state index in [2.05, 4.69) is 5.32 Å². The second-order valence-corrected chi connectivity index (χ2v) is 6.17. The smallest absolute Gasteiger partial charge is 0.307 e. The van der Waals surface area contributed by atoms with E-state index < -0.39 is 11.9 Å². The lowest BCUT2D eigenvalue weighted by atomic mass is 10.0. The molecule has 2 N–H and O–H groups in total. The summed E-state index contributed by atoms with van der Waals surface area (Å²) in [6, 6.07) is 0.0841. The summed E-state index contributed by atoms with van der Waals surface area (Å²) in [4.78, 5) is 36.4. The first-order valence-corrected chi connectivity index (χ1v) is 7.38. The second kappa shape index (κ2) is 5.07. The average Bonchev–Trinajstić information content (AvgIpc) is 3.30. The Labute approximate surface area is 117 Å². The fourth-order valence-electron chi connectivity index (χ4n) is 2.90. The molecule has 0 bridgehead atoms. The zero-order chi connectivity index (χ0) is 14.3. The van der Waals surface area contributed by atoms with Crippen molar-refractivity contribution in [3.8, 4) is 0 Å². The topological polar surface area (TPSA) is 86.7 Å². The third-order valence-electron chi connectivity index (χ3n) is 4.52. The molecule has 3 aliphatic rings. The van der Waals surface area contributed by atoms with E-state index in [0.717, 1.165) is 25.7 Å². The number of amides is 2. The first-order valence-electron chi connectivity index (χ1n) is 7.38. The monoisotopic (exact) mass is 280 g/mol. The van der Waals surface area contributed by atoms with E-state index in [1.54, 1.807) is 0 Å². The highest BCUT2D eigenvalue weighted by atomic mass is 16.4. The van der Waals surface area contributed by atoms with Crippen LogP contribution < -0.4 is 5.32 Å². The molecule has 3 fully saturated rings. The fraction of sp³-hybridized carbons (Fsp3) is 0.786. The number of nitrogens with zero attached hydrogens (tertiary/aromatic N) is 1. The minimum absolute atomic E-state index is 0.0841. The number of hydrogen-bond acceptors (Lipinski definition) is 3. The zero-order valence-electron chi connectivity index (χ0n) is 11.4. The van der Waals surface area contributed by atoms with Crippen LogP contribution in [0.3, 0.4) is 0 Å². The van der Waals surface area contributed by atoms with Crippen molar-refractivity contribution in [2.45, 2.75) is 38.1 Å². The number of aliphatic carboxylic acids is 1. The van der Waals surface area contributed by atoms with Gasteiger partial charge in [-0.3, -0.25) is 14.4 Å². The first-order chi connectivity index (χ1) is 9.56. The molecule has 0 unspecified atom stereocenters. The highest BCUT2D eigenvalue weighted by Crippen LogP contribution is 2.39. The van der Waals surface area contributed by atoms with Crippen LogP contribution in [0.1, 0.15) is 32.1 Å². The molecular weight excluding hydrogens is 260 g/mol. The van der Waals surface area contributed by atoms with E-state index in [-0.39, 0.29) is 29.7 Å². The summed E-state index contributed by atoms with van der Waals surface area (Å²) in [6.07, 6.45) is 4.05. The van der Waals surface area contributed by atoms with Crippen molar-refractivity contribution in [3.05, 3.63) is 0 Å². The predicted octanol–water partition coefficient (Wildman–Crippen LogP) is 0.224.